The number of nitrogens with zero attached hydrogens (tertiary/aromatic N) is 4. The standard InChI is InChI=1S/C18H26N4O3/c1-14-19-4-7-21(14)10-17(24)22-12-18(13-22)9-15(11-25-18)8-16(23)20-5-2-3-6-20/h4,7,15H,2-3,5-6,8-13H2,1H3. The summed E-state index contributed by atoms with van der Waals surface area (Å²) >= 11 is 0. The fourth-order valence-corrected chi connectivity index (χ4v) is 4.27. The average molecular weight is 346 g/mol. The van der Waals surface area contributed by atoms with Crippen molar-refractivity contribution in [1.29, 1.82) is 0 Å². The van der Waals surface area contributed by atoms with Crippen LogP contribution in [0.1, 0.15) is 31.5 Å². The van der Waals surface area contributed by atoms with Crippen LogP contribution < -0.4 is 0 Å². The number of ether oxygens (including phenoxy) is 1. The molecule has 3 saturated heterocycles. The molecule has 1 aromatic heterocycles. The van der Waals surface area contributed by atoms with Crippen LogP contribution in [0.2, 0.25) is 0 Å². The zero-order valence-electron chi connectivity index (χ0n) is 14.8. The van der Waals surface area contributed by atoms with Gasteiger partial charge in [0, 0.05) is 31.9 Å². The molecule has 136 valence electrons. The van der Waals surface area contributed by atoms with Gasteiger partial charge in [0.05, 0.1) is 19.7 Å². The molecule has 7 nitrogen and oxygen atoms in total. The zero-order chi connectivity index (χ0) is 17.4. The molecule has 25 heavy (non-hydrogen) atoms. The number of hydrogen-bond acceptors (Lipinski definition) is 4. The Morgan fingerprint density at radius 3 is 2.68 bits per heavy atom. The van der Waals surface area contributed by atoms with E-state index in [1.54, 1.807) is 6.20 Å². The predicted octanol–water partition coefficient (Wildman–Crippen LogP) is 0.822. The van der Waals surface area contributed by atoms with Gasteiger partial charge in [-0.25, -0.2) is 4.98 Å². The lowest BCUT2D eigenvalue weighted by molar-refractivity contribution is -0.158. The van der Waals surface area contributed by atoms with Gasteiger partial charge in [-0.3, -0.25) is 9.59 Å². The van der Waals surface area contributed by atoms with Gasteiger partial charge in [-0.2, -0.15) is 0 Å². The SMILES string of the molecule is Cc1nccn1CC(=O)N1CC2(CC(CC(=O)N3CCCC3)CO2)C1. The Kier molecular flexibility index (Phi) is 4.27. The van der Waals surface area contributed by atoms with E-state index in [-0.39, 0.29) is 17.4 Å². The summed E-state index contributed by atoms with van der Waals surface area (Å²) in [5.41, 5.74) is -0.213. The first-order valence-corrected chi connectivity index (χ1v) is 9.22. The molecule has 1 atom stereocenters. The number of amides is 2. The van der Waals surface area contributed by atoms with Gasteiger partial charge in [0.1, 0.15) is 18.0 Å². The summed E-state index contributed by atoms with van der Waals surface area (Å²) in [6, 6.07) is 0. The lowest BCUT2D eigenvalue weighted by atomic mass is 9.85. The van der Waals surface area contributed by atoms with Crippen molar-refractivity contribution in [2.24, 2.45) is 5.92 Å². The summed E-state index contributed by atoms with van der Waals surface area (Å²) in [6.45, 7) is 5.98. The number of likely N-dealkylation sites (tertiary alicyclic amines) is 2. The zero-order valence-corrected chi connectivity index (χ0v) is 14.8. The first kappa shape index (κ1) is 16.6. The lowest BCUT2D eigenvalue weighted by Gasteiger charge is -2.47. The van der Waals surface area contributed by atoms with Crippen LogP contribution >= 0.6 is 0 Å². The molecule has 0 N–H and O–H groups in total. The van der Waals surface area contributed by atoms with Crippen molar-refractivity contribution in [1.82, 2.24) is 19.4 Å². The molecular formula is C18H26N4O3. The Hall–Kier alpha value is -1.89. The van der Waals surface area contributed by atoms with Gasteiger partial charge in [-0.1, -0.05) is 0 Å². The van der Waals surface area contributed by atoms with Crippen LogP contribution in [0.5, 0.6) is 0 Å². The van der Waals surface area contributed by atoms with E-state index in [1.165, 1.54) is 0 Å². The molecule has 0 aromatic carbocycles. The minimum atomic E-state index is -0.213. The van der Waals surface area contributed by atoms with E-state index in [0.717, 1.165) is 38.2 Å². The average Bonchev–Trinajstić information content (AvgIpc) is 3.27. The van der Waals surface area contributed by atoms with Crippen LogP contribution in [0.3, 0.4) is 0 Å². The second-order valence-corrected chi connectivity index (χ2v) is 7.71. The van der Waals surface area contributed by atoms with Crippen LogP contribution in [-0.2, 0) is 20.9 Å². The van der Waals surface area contributed by atoms with Crippen molar-refractivity contribution in [2.75, 3.05) is 32.8 Å². The maximum atomic E-state index is 12.4. The summed E-state index contributed by atoms with van der Waals surface area (Å²) in [7, 11) is 0. The van der Waals surface area contributed by atoms with Crippen LogP contribution in [-0.4, -0.2) is 69.6 Å². The van der Waals surface area contributed by atoms with E-state index in [4.69, 9.17) is 4.74 Å². The van der Waals surface area contributed by atoms with Gasteiger partial charge in [0.15, 0.2) is 0 Å². The molecule has 0 saturated carbocycles. The van der Waals surface area contributed by atoms with Gasteiger partial charge >= 0.3 is 0 Å². The molecule has 7 heteroatoms. The molecule has 0 radical (unpaired) electrons. The number of carbonyl (C=O) groups is 2. The molecular weight excluding hydrogens is 320 g/mol. The van der Waals surface area contributed by atoms with Gasteiger partial charge in [-0.15, -0.1) is 0 Å². The summed E-state index contributed by atoms with van der Waals surface area (Å²) < 4.78 is 7.87. The van der Waals surface area contributed by atoms with E-state index in [1.807, 2.05) is 27.5 Å². The van der Waals surface area contributed by atoms with Crippen LogP contribution in [0.25, 0.3) is 0 Å². The highest BCUT2D eigenvalue weighted by Gasteiger charge is 2.51. The van der Waals surface area contributed by atoms with Crippen LogP contribution in [0.4, 0.5) is 0 Å². The van der Waals surface area contributed by atoms with E-state index in [9.17, 15) is 9.59 Å². The Labute approximate surface area is 147 Å². The van der Waals surface area contributed by atoms with Crippen molar-refractivity contribution in [2.45, 2.75) is 44.8 Å². The number of imidazole rings is 1. The molecule has 3 aliphatic heterocycles. The quantitative estimate of drug-likeness (QED) is 0.810. The third-order valence-electron chi connectivity index (χ3n) is 5.75. The molecule has 4 heterocycles. The maximum absolute atomic E-state index is 12.4. The highest BCUT2D eigenvalue weighted by Crippen LogP contribution is 2.39. The Morgan fingerprint density at radius 2 is 2.00 bits per heavy atom. The Bertz CT molecular complexity index is 659. The number of aryl methyl sites for hydroxylation is 1. The summed E-state index contributed by atoms with van der Waals surface area (Å²) in [5.74, 6) is 1.51. The van der Waals surface area contributed by atoms with Gasteiger partial charge in [-0.05, 0) is 32.1 Å². The summed E-state index contributed by atoms with van der Waals surface area (Å²) in [4.78, 5) is 32.7. The fourth-order valence-electron chi connectivity index (χ4n) is 4.27. The van der Waals surface area contributed by atoms with E-state index >= 15 is 0 Å². The van der Waals surface area contributed by atoms with Gasteiger partial charge in [0.2, 0.25) is 11.8 Å². The number of carbonyl (C=O) groups excluding carboxylic acids is 2. The summed E-state index contributed by atoms with van der Waals surface area (Å²) in [6.07, 6.45) is 7.27. The Morgan fingerprint density at radius 1 is 1.24 bits per heavy atom. The molecule has 0 bridgehead atoms. The predicted molar refractivity (Wildman–Crippen MR) is 90.8 cm³/mol. The molecule has 1 aromatic rings. The van der Waals surface area contributed by atoms with Crippen molar-refractivity contribution in [3.8, 4) is 0 Å². The van der Waals surface area contributed by atoms with Crippen LogP contribution in [0.15, 0.2) is 12.4 Å². The second kappa shape index (κ2) is 6.44. The normalized spacial score (nSPS) is 24.8. The van der Waals surface area contributed by atoms with E-state index in [0.29, 0.717) is 38.6 Å². The van der Waals surface area contributed by atoms with E-state index in [2.05, 4.69) is 4.98 Å². The largest absolute Gasteiger partial charge is 0.371 e. The van der Waals surface area contributed by atoms with Gasteiger partial charge < -0.3 is 19.1 Å². The first-order valence-electron chi connectivity index (χ1n) is 9.22. The number of aromatic nitrogens is 2. The monoisotopic (exact) mass is 346 g/mol. The highest BCUT2D eigenvalue weighted by molar-refractivity contribution is 5.78. The first-order chi connectivity index (χ1) is 12.0. The molecule has 1 spiro atoms. The van der Waals surface area contributed by atoms with Crippen molar-refractivity contribution in [3.63, 3.8) is 0 Å². The minimum absolute atomic E-state index is 0.104. The Balaban J connectivity index is 1.25. The maximum Gasteiger partial charge on any atom is 0.242 e. The lowest BCUT2D eigenvalue weighted by Crippen LogP contribution is -2.63. The van der Waals surface area contributed by atoms with Crippen LogP contribution in [0, 0.1) is 12.8 Å². The molecule has 3 fully saturated rings. The molecule has 1 unspecified atom stereocenters. The third kappa shape index (κ3) is 3.29. The van der Waals surface area contributed by atoms with Crippen molar-refractivity contribution in [3.05, 3.63) is 18.2 Å². The van der Waals surface area contributed by atoms with Crippen molar-refractivity contribution < 1.29 is 14.3 Å². The smallest absolute Gasteiger partial charge is 0.242 e. The summed E-state index contributed by atoms with van der Waals surface area (Å²) in [5, 5.41) is 0. The second-order valence-electron chi connectivity index (χ2n) is 7.71. The van der Waals surface area contributed by atoms with Gasteiger partial charge in [0.25, 0.3) is 0 Å². The minimum Gasteiger partial charge on any atom is -0.371 e. The fraction of sp³-hybridized carbons (Fsp3) is 0.722. The number of rotatable bonds is 4. The van der Waals surface area contributed by atoms with E-state index < -0.39 is 0 Å². The van der Waals surface area contributed by atoms with Crippen molar-refractivity contribution >= 4 is 11.8 Å². The molecule has 4 rings (SSSR count). The molecule has 3 aliphatic rings. The highest BCUT2D eigenvalue weighted by atomic mass is 16.5. The number of hydrogen-bond donors (Lipinski definition) is 0. The third-order valence-corrected chi connectivity index (χ3v) is 5.75. The molecule has 2 amide bonds. The topological polar surface area (TPSA) is 67.7 Å². The molecule has 0 aliphatic carbocycles.